The molecule has 0 saturated carbocycles. The monoisotopic (exact) mass is 251 g/mol. The third-order valence-electron chi connectivity index (χ3n) is 1.85. The van der Waals surface area contributed by atoms with Crippen LogP contribution < -0.4 is 0 Å². The molecule has 0 N–H and O–H groups in total. The van der Waals surface area contributed by atoms with Crippen LogP contribution in [0.25, 0.3) is 0 Å². The number of rotatable bonds is 3. The predicted molar refractivity (Wildman–Crippen MR) is 78.9 cm³/mol. The summed E-state index contributed by atoms with van der Waals surface area (Å²) in [4.78, 5) is 4.59. The molecule has 0 aromatic heterocycles. The number of nitrogens with zero attached hydrogens (tertiary/aromatic N) is 1. The van der Waals surface area contributed by atoms with E-state index in [1.165, 1.54) is 5.57 Å². The lowest BCUT2D eigenvalue weighted by atomic mass is 10.3. The number of allylic oxidation sites excluding steroid dienone is 1. The van der Waals surface area contributed by atoms with Gasteiger partial charge in [-0.1, -0.05) is 41.6 Å². The van der Waals surface area contributed by atoms with Gasteiger partial charge >= 0.3 is 0 Å². The first kappa shape index (κ1) is 13.4. The maximum Gasteiger partial charge on any atom is 0.130 e. The van der Waals surface area contributed by atoms with Gasteiger partial charge in [-0.2, -0.15) is 0 Å². The molecule has 0 fully saturated rings. The summed E-state index contributed by atoms with van der Waals surface area (Å²) in [6, 6.07) is 10.1. The molecule has 3 heteroatoms. The molecule has 1 rings (SSSR count). The van der Waals surface area contributed by atoms with E-state index in [9.17, 15) is 0 Å². The summed E-state index contributed by atoms with van der Waals surface area (Å²) >= 11 is 3.48. The van der Waals surface area contributed by atoms with Crippen LogP contribution in [-0.4, -0.2) is 16.4 Å². The van der Waals surface area contributed by atoms with Crippen LogP contribution in [0.2, 0.25) is 0 Å². The van der Waals surface area contributed by atoms with Crippen molar-refractivity contribution in [1.82, 2.24) is 0 Å². The van der Waals surface area contributed by atoms with Crippen molar-refractivity contribution in [3.05, 3.63) is 42.0 Å². The van der Waals surface area contributed by atoms with E-state index in [0.717, 1.165) is 15.8 Å². The van der Waals surface area contributed by atoms with E-state index in [1.54, 1.807) is 23.5 Å². The standard InChI is InChI=1S/C13H17NS2/c1-11(2)9-10-16-13(15-3)14-12-7-5-4-6-8-12/h4-9H,10H2,1-3H3. The van der Waals surface area contributed by atoms with E-state index in [0.29, 0.717) is 0 Å². The lowest BCUT2D eigenvalue weighted by Gasteiger charge is -2.01. The molecule has 0 aliphatic carbocycles. The smallest absolute Gasteiger partial charge is 0.130 e. The average Bonchev–Trinajstić information content (AvgIpc) is 2.28. The minimum atomic E-state index is 0.995. The van der Waals surface area contributed by atoms with Crippen LogP contribution in [0.1, 0.15) is 13.8 Å². The number of benzene rings is 1. The summed E-state index contributed by atoms with van der Waals surface area (Å²) in [7, 11) is 0. The molecule has 0 unspecified atom stereocenters. The van der Waals surface area contributed by atoms with Crippen molar-refractivity contribution in [2.45, 2.75) is 13.8 Å². The highest BCUT2D eigenvalue weighted by Crippen LogP contribution is 2.21. The van der Waals surface area contributed by atoms with Crippen molar-refractivity contribution < 1.29 is 0 Å². The van der Waals surface area contributed by atoms with Gasteiger partial charge in [0.2, 0.25) is 0 Å². The van der Waals surface area contributed by atoms with Gasteiger partial charge in [-0.05, 0) is 32.2 Å². The Morgan fingerprint density at radius 2 is 1.94 bits per heavy atom. The van der Waals surface area contributed by atoms with Gasteiger partial charge in [0.25, 0.3) is 0 Å². The Balaban J connectivity index is 2.61. The van der Waals surface area contributed by atoms with Crippen LogP contribution in [-0.2, 0) is 0 Å². The van der Waals surface area contributed by atoms with Crippen molar-refractivity contribution in [2.24, 2.45) is 4.99 Å². The lowest BCUT2D eigenvalue weighted by Crippen LogP contribution is -1.85. The van der Waals surface area contributed by atoms with E-state index in [-0.39, 0.29) is 0 Å². The number of hydrogen-bond donors (Lipinski definition) is 0. The number of thioether (sulfide) groups is 2. The Labute approximate surface area is 106 Å². The van der Waals surface area contributed by atoms with Crippen LogP contribution in [0, 0.1) is 0 Å². The third kappa shape index (κ3) is 5.42. The number of para-hydroxylation sites is 1. The Bertz CT molecular complexity index is 365. The normalized spacial score (nSPS) is 11.3. The van der Waals surface area contributed by atoms with Crippen molar-refractivity contribution in [3.8, 4) is 0 Å². The molecule has 0 radical (unpaired) electrons. The van der Waals surface area contributed by atoms with E-state index < -0.39 is 0 Å². The number of hydrogen-bond acceptors (Lipinski definition) is 3. The average molecular weight is 251 g/mol. The minimum absolute atomic E-state index is 0.995. The highest BCUT2D eigenvalue weighted by atomic mass is 32.2. The second-order valence-electron chi connectivity index (χ2n) is 3.51. The predicted octanol–water partition coefficient (Wildman–Crippen LogP) is 4.74. The van der Waals surface area contributed by atoms with E-state index in [4.69, 9.17) is 0 Å². The summed E-state index contributed by atoms with van der Waals surface area (Å²) < 4.78 is 1.11. The maximum absolute atomic E-state index is 4.59. The molecular formula is C13H17NS2. The molecule has 86 valence electrons. The van der Waals surface area contributed by atoms with Gasteiger partial charge in [-0.25, -0.2) is 4.99 Å². The summed E-state index contributed by atoms with van der Waals surface area (Å²) in [5.74, 6) is 0.995. The van der Waals surface area contributed by atoms with E-state index in [1.807, 2.05) is 30.3 Å². The van der Waals surface area contributed by atoms with E-state index in [2.05, 4.69) is 31.2 Å². The quantitative estimate of drug-likeness (QED) is 0.437. The molecule has 1 aromatic carbocycles. The van der Waals surface area contributed by atoms with Crippen LogP contribution >= 0.6 is 23.5 Å². The largest absolute Gasteiger partial charge is 0.235 e. The van der Waals surface area contributed by atoms with Gasteiger partial charge in [0.15, 0.2) is 0 Å². The second-order valence-corrected chi connectivity index (χ2v) is 5.57. The highest BCUT2D eigenvalue weighted by molar-refractivity contribution is 8.38. The topological polar surface area (TPSA) is 12.4 Å². The lowest BCUT2D eigenvalue weighted by molar-refractivity contribution is 1.37. The molecule has 0 heterocycles. The van der Waals surface area contributed by atoms with Crippen molar-refractivity contribution in [2.75, 3.05) is 12.0 Å². The van der Waals surface area contributed by atoms with Gasteiger partial charge in [0, 0.05) is 5.75 Å². The Hall–Kier alpha value is -0.670. The van der Waals surface area contributed by atoms with Crippen molar-refractivity contribution >= 4 is 33.6 Å². The Morgan fingerprint density at radius 1 is 1.25 bits per heavy atom. The molecule has 0 aliphatic heterocycles. The SMILES string of the molecule is CSC(=Nc1ccccc1)SCC=C(C)C. The molecule has 16 heavy (non-hydrogen) atoms. The fraction of sp³-hybridized carbons (Fsp3) is 0.308. The zero-order valence-corrected chi connectivity index (χ0v) is 11.6. The van der Waals surface area contributed by atoms with Gasteiger partial charge < -0.3 is 0 Å². The zero-order chi connectivity index (χ0) is 11.8. The molecule has 0 bridgehead atoms. The van der Waals surface area contributed by atoms with Crippen molar-refractivity contribution in [3.63, 3.8) is 0 Å². The first-order valence-electron chi connectivity index (χ1n) is 5.16. The molecule has 1 nitrogen and oxygen atoms in total. The van der Waals surface area contributed by atoms with Crippen LogP contribution in [0.4, 0.5) is 5.69 Å². The third-order valence-corrected chi connectivity index (χ3v) is 3.82. The second kappa shape index (κ2) is 7.58. The van der Waals surface area contributed by atoms with Gasteiger partial charge in [-0.15, -0.1) is 11.8 Å². The molecule has 0 aliphatic rings. The zero-order valence-electron chi connectivity index (χ0n) is 9.93. The Kier molecular flexibility index (Phi) is 6.34. The fourth-order valence-electron chi connectivity index (χ4n) is 1.02. The van der Waals surface area contributed by atoms with Crippen LogP contribution in [0.3, 0.4) is 0 Å². The summed E-state index contributed by atoms with van der Waals surface area (Å²) in [5, 5.41) is 0. The molecule has 0 spiro atoms. The van der Waals surface area contributed by atoms with Gasteiger partial charge in [0.1, 0.15) is 4.38 Å². The molecule has 0 atom stereocenters. The summed E-state index contributed by atoms with van der Waals surface area (Å²) in [5.41, 5.74) is 2.38. The van der Waals surface area contributed by atoms with Gasteiger partial charge in [0.05, 0.1) is 5.69 Å². The minimum Gasteiger partial charge on any atom is -0.235 e. The maximum atomic E-state index is 4.59. The first-order chi connectivity index (χ1) is 7.72. The molecule has 0 amide bonds. The molecular weight excluding hydrogens is 234 g/mol. The highest BCUT2D eigenvalue weighted by Gasteiger charge is 1.97. The summed E-state index contributed by atoms with van der Waals surface area (Å²) in [6.07, 6.45) is 4.29. The van der Waals surface area contributed by atoms with Crippen molar-refractivity contribution in [1.29, 1.82) is 0 Å². The Morgan fingerprint density at radius 3 is 2.50 bits per heavy atom. The fourth-order valence-corrected chi connectivity index (χ4v) is 2.63. The molecule has 1 aromatic rings. The van der Waals surface area contributed by atoms with Crippen LogP contribution in [0.5, 0.6) is 0 Å². The number of aliphatic imine (C=N–C) groups is 1. The van der Waals surface area contributed by atoms with Crippen LogP contribution in [0.15, 0.2) is 47.0 Å². The first-order valence-corrected chi connectivity index (χ1v) is 7.37. The van der Waals surface area contributed by atoms with Gasteiger partial charge in [-0.3, -0.25) is 0 Å². The molecule has 0 saturated heterocycles. The summed E-state index contributed by atoms with van der Waals surface area (Å²) in [6.45, 7) is 4.24. The van der Waals surface area contributed by atoms with E-state index >= 15 is 0 Å².